The molecule has 0 radical (unpaired) electrons. The molecule has 66 heavy (non-hydrogen) atoms. The van der Waals surface area contributed by atoms with Crippen molar-refractivity contribution in [3.8, 4) is 0 Å². The fourth-order valence-electron chi connectivity index (χ4n) is 10.2. The third-order valence-electron chi connectivity index (χ3n) is 13.3. The van der Waals surface area contributed by atoms with Gasteiger partial charge in [0.05, 0.1) is 33.4 Å². The quantitative estimate of drug-likeness (QED) is 0.155. The second-order valence-electron chi connectivity index (χ2n) is 19.7. The van der Waals surface area contributed by atoms with Crippen LogP contribution in [0, 0.1) is 0 Å². The van der Waals surface area contributed by atoms with Gasteiger partial charge in [0.2, 0.25) is 0 Å². The summed E-state index contributed by atoms with van der Waals surface area (Å²) in [7, 11) is 0. The molecule has 0 aliphatic rings. The highest BCUT2D eigenvalue weighted by Crippen LogP contribution is 2.52. The molecule has 8 aromatic carbocycles. The summed E-state index contributed by atoms with van der Waals surface area (Å²) in [5, 5.41) is 11.8. The Bertz CT molecular complexity index is 3470. The van der Waals surface area contributed by atoms with Crippen molar-refractivity contribution in [3.63, 3.8) is 0 Å². The van der Waals surface area contributed by atoms with Gasteiger partial charge in [0.15, 0.2) is 0 Å². The van der Waals surface area contributed by atoms with Gasteiger partial charge < -0.3 is 9.80 Å². The van der Waals surface area contributed by atoms with Crippen LogP contribution in [-0.4, -0.2) is 19.9 Å². The van der Waals surface area contributed by atoms with E-state index in [1.807, 2.05) is 49.1 Å². The molecule has 318 valence electrons. The van der Waals surface area contributed by atoms with Gasteiger partial charge in [-0.3, -0.25) is 19.9 Å². The number of hydrogen-bond acceptors (Lipinski definition) is 6. The average molecular weight is 853 g/mol. The number of aromatic nitrogens is 4. The normalized spacial score (nSPS) is 12.4. The van der Waals surface area contributed by atoms with Crippen molar-refractivity contribution in [1.29, 1.82) is 0 Å². The summed E-state index contributed by atoms with van der Waals surface area (Å²) in [4.78, 5) is 24.2. The standard InChI is InChI=1S/C60H48N6/c1-59(2,3)49-35-55(65(41-19-15-37-11-7-27-61-51(37)31-41)42-20-16-38-12-8-28-62-52(38)32-42)47-26-24-46-50(60(4,5)6)36-56(48-25-23-45(49)57(47)58(46)48)66(43-21-17-39-13-9-29-63-53(39)33-43)44-22-18-40-14-10-30-64-54(40)34-44/h7-36H,1-6H3. The summed E-state index contributed by atoms with van der Waals surface area (Å²) in [6, 6.07) is 57.4. The van der Waals surface area contributed by atoms with Crippen molar-refractivity contribution < 1.29 is 0 Å². The Morgan fingerprint density at radius 1 is 0.318 bits per heavy atom. The van der Waals surface area contributed by atoms with Gasteiger partial charge in [-0.15, -0.1) is 0 Å². The lowest BCUT2D eigenvalue weighted by Crippen LogP contribution is -2.17. The van der Waals surface area contributed by atoms with E-state index in [2.05, 4.69) is 185 Å². The average Bonchev–Trinajstić information content (AvgIpc) is 3.33. The van der Waals surface area contributed by atoms with Crippen LogP contribution >= 0.6 is 0 Å². The highest BCUT2D eigenvalue weighted by Gasteiger charge is 2.30. The Balaban J connectivity index is 1.21. The first-order valence-electron chi connectivity index (χ1n) is 22.8. The van der Waals surface area contributed by atoms with Crippen molar-refractivity contribution >= 4 is 110 Å². The van der Waals surface area contributed by atoms with Crippen LogP contribution in [0.15, 0.2) is 183 Å². The predicted octanol–water partition coefficient (Wildman–Crippen LogP) is 16.3. The summed E-state index contributed by atoms with van der Waals surface area (Å²) < 4.78 is 0. The molecule has 0 saturated carbocycles. The number of pyridine rings is 4. The summed E-state index contributed by atoms with van der Waals surface area (Å²) in [5.74, 6) is 0. The largest absolute Gasteiger partial charge is 0.310 e. The molecule has 0 saturated heterocycles. The molecule has 4 heterocycles. The number of rotatable bonds is 6. The van der Waals surface area contributed by atoms with Crippen LogP contribution in [0.25, 0.3) is 75.9 Å². The Morgan fingerprint density at radius 3 is 0.894 bits per heavy atom. The van der Waals surface area contributed by atoms with Gasteiger partial charge in [0, 0.05) is 79.9 Å². The fourth-order valence-corrected chi connectivity index (χ4v) is 10.2. The van der Waals surface area contributed by atoms with Crippen molar-refractivity contribution in [2.24, 2.45) is 0 Å². The summed E-state index contributed by atoms with van der Waals surface area (Å²) in [6.45, 7) is 14.0. The van der Waals surface area contributed by atoms with Crippen LogP contribution in [0.5, 0.6) is 0 Å². The predicted molar refractivity (Wildman–Crippen MR) is 278 cm³/mol. The summed E-state index contributed by atoms with van der Waals surface area (Å²) in [6.07, 6.45) is 7.50. The zero-order valence-electron chi connectivity index (χ0n) is 38.0. The maximum atomic E-state index is 4.84. The summed E-state index contributed by atoms with van der Waals surface area (Å²) in [5.41, 5.74) is 12.3. The molecular weight excluding hydrogens is 805 g/mol. The maximum Gasteiger partial charge on any atom is 0.0722 e. The fraction of sp³-hybridized carbons (Fsp3) is 0.133. The van der Waals surface area contributed by atoms with Gasteiger partial charge in [-0.1, -0.05) is 114 Å². The zero-order chi connectivity index (χ0) is 44.9. The molecule has 6 heteroatoms. The molecule has 0 bridgehead atoms. The third kappa shape index (κ3) is 6.47. The van der Waals surface area contributed by atoms with Crippen LogP contribution < -0.4 is 9.80 Å². The maximum absolute atomic E-state index is 4.84. The van der Waals surface area contributed by atoms with E-state index in [1.165, 1.54) is 43.4 Å². The first kappa shape index (κ1) is 39.6. The van der Waals surface area contributed by atoms with Gasteiger partial charge in [-0.25, -0.2) is 0 Å². The third-order valence-corrected chi connectivity index (χ3v) is 13.3. The van der Waals surface area contributed by atoms with Crippen LogP contribution in [0.2, 0.25) is 0 Å². The van der Waals surface area contributed by atoms with Crippen LogP contribution in [0.3, 0.4) is 0 Å². The van der Waals surface area contributed by atoms with E-state index < -0.39 is 0 Å². The van der Waals surface area contributed by atoms with E-state index in [0.717, 1.165) is 77.7 Å². The SMILES string of the molecule is CC(C)(C)c1cc(N(c2ccc3cccnc3c2)c2ccc3cccnc3c2)c2ccc3c(C(C)(C)C)cc(N(c4ccc5cccnc5c4)c4ccc5cccnc5c4)c4ccc1c2c43. The minimum absolute atomic E-state index is 0.198. The monoisotopic (exact) mass is 852 g/mol. The molecule has 0 aliphatic carbocycles. The minimum atomic E-state index is -0.198. The van der Waals surface area contributed by atoms with Crippen molar-refractivity contribution in [2.45, 2.75) is 52.4 Å². The Hall–Kier alpha value is -7.96. The molecule has 12 rings (SSSR count). The number of fused-ring (bicyclic) bond motifs is 4. The van der Waals surface area contributed by atoms with E-state index >= 15 is 0 Å². The van der Waals surface area contributed by atoms with E-state index in [9.17, 15) is 0 Å². The first-order valence-corrected chi connectivity index (χ1v) is 22.8. The second-order valence-corrected chi connectivity index (χ2v) is 19.7. The highest BCUT2D eigenvalue weighted by molar-refractivity contribution is 6.29. The Kier molecular flexibility index (Phi) is 8.88. The Labute approximate surface area is 384 Å². The van der Waals surface area contributed by atoms with Crippen LogP contribution in [0.1, 0.15) is 52.7 Å². The molecule has 0 amide bonds. The molecular formula is C60H48N6. The lowest BCUT2D eigenvalue weighted by molar-refractivity contribution is 0.595. The molecule has 0 unspecified atom stereocenters. The molecule has 6 nitrogen and oxygen atoms in total. The van der Waals surface area contributed by atoms with E-state index in [-0.39, 0.29) is 10.8 Å². The first-order chi connectivity index (χ1) is 32.0. The van der Waals surface area contributed by atoms with E-state index in [1.54, 1.807) is 0 Å². The van der Waals surface area contributed by atoms with Crippen molar-refractivity contribution in [2.75, 3.05) is 9.80 Å². The van der Waals surface area contributed by atoms with Gasteiger partial charge in [-0.05, 0) is 128 Å². The molecule has 0 fully saturated rings. The molecule has 0 atom stereocenters. The zero-order valence-corrected chi connectivity index (χ0v) is 38.0. The van der Waals surface area contributed by atoms with Gasteiger partial charge in [-0.2, -0.15) is 0 Å². The molecule has 0 spiro atoms. The van der Waals surface area contributed by atoms with Gasteiger partial charge in [0.25, 0.3) is 0 Å². The second kappa shape index (κ2) is 14.8. The number of benzene rings is 8. The molecule has 12 aromatic rings. The van der Waals surface area contributed by atoms with Crippen molar-refractivity contribution in [3.05, 3.63) is 194 Å². The van der Waals surface area contributed by atoms with E-state index in [4.69, 9.17) is 19.9 Å². The summed E-state index contributed by atoms with van der Waals surface area (Å²) >= 11 is 0. The lowest BCUT2D eigenvalue weighted by Gasteiger charge is -2.34. The minimum Gasteiger partial charge on any atom is -0.310 e. The number of hydrogen-bond donors (Lipinski definition) is 0. The van der Waals surface area contributed by atoms with Crippen LogP contribution in [0.4, 0.5) is 34.1 Å². The highest BCUT2D eigenvalue weighted by atomic mass is 15.2. The number of anilines is 6. The lowest BCUT2D eigenvalue weighted by atomic mass is 9.77. The molecule has 0 N–H and O–H groups in total. The number of nitrogens with zero attached hydrogens (tertiary/aromatic N) is 6. The van der Waals surface area contributed by atoms with Crippen molar-refractivity contribution in [1.82, 2.24) is 19.9 Å². The smallest absolute Gasteiger partial charge is 0.0722 e. The molecule has 0 aliphatic heterocycles. The topological polar surface area (TPSA) is 58.0 Å². The van der Waals surface area contributed by atoms with Gasteiger partial charge in [0.1, 0.15) is 0 Å². The van der Waals surface area contributed by atoms with E-state index in [0.29, 0.717) is 0 Å². The van der Waals surface area contributed by atoms with Crippen LogP contribution in [-0.2, 0) is 10.8 Å². The van der Waals surface area contributed by atoms with Gasteiger partial charge >= 0.3 is 0 Å². The Morgan fingerprint density at radius 2 is 0.606 bits per heavy atom. The molecule has 4 aromatic heterocycles.